The van der Waals surface area contributed by atoms with Gasteiger partial charge in [-0.25, -0.2) is 0 Å². The zero-order valence-corrected chi connectivity index (χ0v) is 16.6. The van der Waals surface area contributed by atoms with Crippen molar-refractivity contribution in [2.45, 2.75) is 6.92 Å². The minimum atomic E-state index is 0.847. The highest BCUT2D eigenvalue weighted by Crippen LogP contribution is 2.30. The van der Waals surface area contributed by atoms with Crippen molar-refractivity contribution in [2.75, 3.05) is 0 Å². The monoisotopic (exact) mass is 394 g/mol. The third-order valence-corrected chi connectivity index (χ3v) is 5.73. The summed E-state index contributed by atoms with van der Waals surface area (Å²) in [6.07, 6.45) is 14.3. The van der Waals surface area contributed by atoms with Gasteiger partial charge < -0.3 is 0 Å². The summed E-state index contributed by atoms with van der Waals surface area (Å²) in [4.78, 5) is 10.5. The summed E-state index contributed by atoms with van der Waals surface area (Å²) in [6, 6.07) is 12.3. The van der Waals surface area contributed by atoms with Crippen molar-refractivity contribution in [3.63, 3.8) is 0 Å². The number of aryl methyl sites for hydroxylation is 1. The van der Waals surface area contributed by atoms with Gasteiger partial charge in [-0.2, -0.15) is 5.10 Å². The fourth-order valence-electron chi connectivity index (χ4n) is 3.38. The van der Waals surface area contributed by atoms with E-state index in [1.54, 1.807) is 11.3 Å². The van der Waals surface area contributed by atoms with E-state index in [0.29, 0.717) is 0 Å². The van der Waals surface area contributed by atoms with Gasteiger partial charge in [0.1, 0.15) is 5.69 Å². The second kappa shape index (κ2) is 7.45. The van der Waals surface area contributed by atoms with Crippen LogP contribution in [0.5, 0.6) is 0 Å². The number of rotatable bonds is 3. The van der Waals surface area contributed by atoms with Crippen LogP contribution in [0.1, 0.15) is 22.5 Å². The molecule has 0 saturated heterocycles. The zero-order chi connectivity index (χ0) is 19.6. The van der Waals surface area contributed by atoms with E-state index >= 15 is 0 Å². The molecule has 0 aromatic carbocycles. The molecule has 1 aliphatic rings. The van der Waals surface area contributed by atoms with Gasteiger partial charge in [0.05, 0.1) is 11.4 Å². The van der Waals surface area contributed by atoms with Gasteiger partial charge in [-0.05, 0) is 48.2 Å². The molecule has 1 aliphatic carbocycles. The maximum absolute atomic E-state index is 4.69. The Bertz CT molecular complexity index is 1260. The quantitative estimate of drug-likeness (QED) is 0.462. The van der Waals surface area contributed by atoms with E-state index in [2.05, 4.69) is 69.1 Å². The second-order valence-corrected chi connectivity index (χ2v) is 7.75. The molecule has 29 heavy (non-hydrogen) atoms. The lowest BCUT2D eigenvalue weighted by Gasteiger charge is -2.08. The third-order valence-electron chi connectivity index (χ3n) is 4.81. The molecular weight excluding hydrogens is 376 g/mol. The first-order valence-corrected chi connectivity index (χ1v) is 10.2. The van der Waals surface area contributed by atoms with Gasteiger partial charge in [0.15, 0.2) is 0 Å². The van der Waals surface area contributed by atoms with Crippen LogP contribution in [-0.4, -0.2) is 20.2 Å². The molecule has 140 valence electrons. The van der Waals surface area contributed by atoms with E-state index in [9.17, 15) is 0 Å². The number of allylic oxidation sites excluding steroid dienone is 4. The molecule has 4 aromatic heterocycles. The molecule has 0 saturated carbocycles. The molecule has 4 nitrogen and oxygen atoms in total. The summed E-state index contributed by atoms with van der Waals surface area (Å²) in [5.41, 5.74) is 7.95. The molecule has 4 aromatic rings. The molecule has 5 rings (SSSR count). The number of H-pyrrole nitrogens is 1. The molecule has 0 fully saturated rings. The largest absolute Gasteiger partial charge is 0.284 e. The van der Waals surface area contributed by atoms with Gasteiger partial charge in [0, 0.05) is 39.7 Å². The number of aromatic amines is 1. The summed E-state index contributed by atoms with van der Waals surface area (Å²) in [6.45, 7) is 1.99. The number of pyridine rings is 2. The predicted molar refractivity (Wildman–Crippen MR) is 120 cm³/mol. The summed E-state index contributed by atoms with van der Waals surface area (Å²) in [5.74, 6) is 0. The molecule has 4 heterocycles. The number of aromatic nitrogens is 4. The van der Waals surface area contributed by atoms with Gasteiger partial charge >= 0.3 is 0 Å². The minimum absolute atomic E-state index is 0.847. The van der Waals surface area contributed by atoms with Gasteiger partial charge in [-0.3, -0.25) is 15.1 Å². The van der Waals surface area contributed by atoms with Crippen molar-refractivity contribution in [1.29, 1.82) is 0 Å². The lowest BCUT2D eigenvalue weighted by molar-refractivity contribution is 1.08. The van der Waals surface area contributed by atoms with Gasteiger partial charge in [0.2, 0.25) is 0 Å². The van der Waals surface area contributed by atoms with Crippen LogP contribution < -0.4 is 0 Å². The fourth-order valence-corrected chi connectivity index (χ4v) is 4.09. The fraction of sp³-hybridized carbons (Fsp3) is 0.0417. The van der Waals surface area contributed by atoms with E-state index in [1.165, 1.54) is 4.88 Å². The van der Waals surface area contributed by atoms with Gasteiger partial charge in [-0.1, -0.05) is 36.4 Å². The van der Waals surface area contributed by atoms with Crippen molar-refractivity contribution >= 4 is 29.1 Å². The topological polar surface area (TPSA) is 54.5 Å². The number of thiophene rings is 1. The van der Waals surface area contributed by atoms with E-state index in [-0.39, 0.29) is 0 Å². The maximum atomic E-state index is 4.69. The Morgan fingerprint density at radius 1 is 1.03 bits per heavy atom. The Morgan fingerprint density at radius 2 is 2.00 bits per heavy atom. The zero-order valence-electron chi connectivity index (χ0n) is 15.8. The number of fused-ring (bicyclic) bond motifs is 1. The number of hydrogen-bond acceptors (Lipinski definition) is 4. The molecule has 0 atom stereocenters. The third kappa shape index (κ3) is 3.48. The Hall–Kier alpha value is -3.57. The van der Waals surface area contributed by atoms with Crippen LogP contribution in [0.25, 0.3) is 39.6 Å². The molecule has 0 unspecified atom stereocenters. The van der Waals surface area contributed by atoms with Crippen LogP contribution in [0, 0.1) is 6.92 Å². The average Bonchev–Trinajstić information content (AvgIpc) is 3.41. The smallest absolute Gasteiger partial charge is 0.118 e. The Balaban J connectivity index is 1.51. The molecule has 1 N–H and O–H groups in total. The van der Waals surface area contributed by atoms with Gasteiger partial charge in [0.25, 0.3) is 0 Å². The van der Waals surface area contributed by atoms with Crippen LogP contribution >= 0.6 is 11.3 Å². The molecule has 0 bridgehead atoms. The number of nitrogens with zero attached hydrogens (tertiary/aromatic N) is 3. The first kappa shape index (κ1) is 17.5. The van der Waals surface area contributed by atoms with Crippen LogP contribution in [0.2, 0.25) is 0 Å². The predicted octanol–water partition coefficient (Wildman–Crippen LogP) is 6.03. The van der Waals surface area contributed by atoms with Crippen molar-refractivity contribution in [2.24, 2.45) is 0 Å². The van der Waals surface area contributed by atoms with E-state index in [0.717, 1.165) is 45.0 Å². The molecule has 0 amide bonds. The van der Waals surface area contributed by atoms with Crippen LogP contribution in [0.3, 0.4) is 0 Å². The number of nitrogens with one attached hydrogen (secondary N) is 1. The lowest BCUT2D eigenvalue weighted by Crippen LogP contribution is -1.92. The normalized spacial score (nSPS) is 16.9. The molecule has 0 radical (unpaired) electrons. The Kier molecular flexibility index (Phi) is 4.50. The highest BCUT2D eigenvalue weighted by atomic mass is 32.1. The summed E-state index contributed by atoms with van der Waals surface area (Å²) < 4.78 is 0. The van der Waals surface area contributed by atoms with Crippen molar-refractivity contribution in [1.82, 2.24) is 20.2 Å². The van der Waals surface area contributed by atoms with Gasteiger partial charge in [-0.15, -0.1) is 11.3 Å². The molecule has 0 aliphatic heterocycles. The first-order chi connectivity index (χ1) is 14.3. The van der Waals surface area contributed by atoms with Crippen molar-refractivity contribution < 1.29 is 0 Å². The van der Waals surface area contributed by atoms with Crippen molar-refractivity contribution in [3.8, 4) is 21.8 Å². The summed E-state index contributed by atoms with van der Waals surface area (Å²) in [7, 11) is 0. The summed E-state index contributed by atoms with van der Waals surface area (Å²) in [5, 5.41) is 9.51. The summed E-state index contributed by atoms with van der Waals surface area (Å²) >= 11 is 1.72. The van der Waals surface area contributed by atoms with E-state index < -0.39 is 0 Å². The molecule has 5 heteroatoms. The molecular formula is C24H18N4S. The standard InChI is InChI=1S/C24H18N4S/c1-16-5-2-8-22(27-16)24-20(15-26-28-24)17-6-3-7-18-13-19(23-9-4-12-29-23)14-25-21(18)11-10-17/h2-15H,1H3,(H,26,28)/b6-3?,7-3+,11-10-,17-6-,17-10?,18-7?,21-11?. The minimum Gasteiger partial charge on any atom is -0.284 e. The second-order valence-electron chi connectivity index (χ2n) is 6.80. The lowest BCUT2D eigenvalue weighted by atomic mass is 10.00. The van der Waals surface area contributed by atoms with Crippen LogP contribution in [-0.2, 0) is 0 Å². The van der Waals surface area contributed by atoms with Crippen LogP contribution in [0.4, 0.5) is 0 Å². The Morgan fingerprint density at radius 3 is 2.86 bits per heavy atom. The SMILES string of the molecule is Cc1cccc(-c2n[nH]cc2C2=C\C=C\c3cc(-c4cccs4)cnc3/C=C\2)n1. The Labute approximate surface area is 173 Å². The number of hydrogen-bond donors (Lipinski definition) is 1. The highest BCUT2D eigenvalue weighted by molar-refractivity contribution is 7.13. The average molecular weight is 395 g/mol. The van der Waals surface area contributed by atoms with Crippen molar-refractivity contribution in [3.05, 3.63) is 94.9 Å². The maximum Gasteiger partial charge on any atom is 0.118 e. The molecule has 0 spiro atoms. The van der Waals surface area contributed by atoms with Crippen LogP contribution in [0.15, 0.2) is 72.4 Å². The van der Waals surface area contributed by atoms with E-state index in [1.807, 2.05) is 37.5 Å². The highest BCUT2D eigenvalue weighted by Gasteiger charge is 2.13. The first-order valence-electron chi connectivity index (χ1n) is 9.36. The van der Waals surface area contributed by atoms with E-state index in [4.69, 9.17) is 4.98 Å².